The van der Waals surface area contributed by atoms with Gasteiger partial charge in [0, 0.05) is 37.5 Å². The number of nitrogens with two attached hydrogens (primary N) is 1. The number of carbonyl (C=O) groups is 3. The van der Waals surface area contributed by atoms with Crippen LogP contribution in [-0.2, 0) is 27.3 Å². The van der Waals surface area contributed by atoms with E-state index in [1.165, 1.54) is 21.6 Å². The van der Waals surface area contributed by atoms with Crippen LogP contribution < -0.4 is 15.2 Å². The fraction of sp³-hybridized carbons (Fsp3) is 0.512. The zero-order valence-electron chi connectivity index (χ0n) is 31.6. The lowest BCUT2D eigenvalue weighted by atomic mass is 9.72. The fourth-order valence-corrected chi connectivity index (χ4v) is 8.23. The summed E-state index contributed by atoms with van der Waals surface area (Å²) in [5.41, 5.74) is 10.2. The van der Waals surface area contributed by atoms with Gasteiger partial charge in [-0.3, -0.25) is 19.3 Å². The number of ether oxygens (including phenoxy) is 3. The number of esters is 1. The third-order valence-corrected chi connectivity index (χ3v) is 10.9. The van der Waals surface area contributed by atoms with E-state index in [1.807, 2.05) is 12.1 Å². The molecule has 0 bridgehead atoms. The molecule has 3 aromatic rings. The van der Waals surface area contributed by atoms with Crippen LogP contribution in [0.15, 0.2) is 60.7 Å². The molecule has 2 amide bonds. The Kier molecular flexibility index (Phi) is 12.0. The molecule has 53 heavy (non-hydrogen) atoms. The summed E-state index contributed by atoms with van der Waals surface area (Å²) in [6.45, 7) is 12.0. The molecule has 0 radical (unpaired) electrons. The molecule has 3 aliphatic rings. The van der Waals surface area contributed by atoms with E-state index >= 15 is 0 Å². The predicted molar refractivity (Wildman–Crippen MR) is 203 cm³/mol. The lowest BCUT2D eigenvalue weighted by Gasteiger charge is -2.33. The number of amides is 2. The number of phenolic OH excluding ortho intramolecular Hbond substituents is 1. The summed E-state index contributed by atoms with van der Waals surface area (Å²) in [5, 5.41) is 9.97. The number of primary amides is 1. The van der Waals surface area contributed by atoms with Gasteiger partial charge in [-0.15, -0.1) is 0 Å². The number of carbonyl (C=O) groups excluding carboxylic acids is 3. The van der Waals surface area contributed by atoms with Crippen molar-refractivity contribution in [1.82, 2.24) is 9.80 Å². The van der Waals surface area contributed by atoms with E-state index in [2.05, 4.69) is 42.2 Å². The average molecular weight is 726 g/mol. The molecule has 1 unspecified atom stereocenters. The van der Waals surface area contributed by atoms with Crippen LogP contribution in [0.5, 0.6) is 17.2 Å². The van der Waals surface area contributed by atoms with Crippen molar-refractivity contribution in [2.45, 2.75) is 96.7 Å². The Morgan fingerprint density at radius 1 is 0.962 bits per heavy atom. The number of hydrogen-bond donors (Lipinski definition) is 2. The molecule has 1 saturated heterocycles. The quantitative estimate of drug-likeness (QED) is 0.178. The molecule has 4 atom stereocenters. The minimum absolute atomic E-state index is 0.0109. The molecule has 1 aliphatic carbocycles. The first-order valence-electron chi connectivity index (χ1n) is 19.2. The van der Waals surface area contributed by atoms with Crippen LogP contribution in [0.25, 0.3) is 0 Å². The number of fused-ring (bicyclic) bond motifs is 2. The third-order valence-electron chi connectivity index (χ3n) is 10.9. The van der Waals surface area contributed by atoms with E-state index in [4.69, 9.17) is 19.9 Å². The maximum Gasteiger partial charge on any atom is 0.306 e. The molecule has 10 heteroatoms. The normalized spacial score (nSPS) is 20.7. The molecule has 0 aromatic heterocycles. The number of phenols is 1. The molecule has 2 heterocycles. The van der Waals surface area contributed by atoms with Gasteiger partial charge in [-0.05, 0) is 142 Å². The number of benzene rings is 3. The highest BCUT2D eigenvalue weighted by Gasteiger charge is 2.36. The van der Waals surface area contributed by atoms with Crippen molar-refractivity contribution in [2.75, 3.05) is 32.8 Å². The van der Waals surface area contributed by atoms with Crippen LogP contribution in [0, 0.1) is 11.8 Å². The highest BCUT2D eigenvalue weighted by molar-refractivity contribution is 6.01. The van der Waals surface area contributed by atoms with Crippen molar-refractivity contribution < 1.29 is 33.7 Å². The second-order valence-electron chi connectivity index (χ2n) is 16.0. The number of likely N-dealkylation sites (tertiary alicyclic amines) is 1. The van der Waals surface area contributed by atoms with Crippen molar-refractivity contribution in [3.8, 4) is 17.2 Å². The maximum absolute atomic E-state index is 13.2. The molecule has 0 spiro atoms. The van der Waals surface area contributed by atoms with Crippen molar-refractivity contribution >= 4 is 17.8 Å². The first-order valence-corrected chi connectivity index (χ1v) is 19.2. The molecular formula is C43H55N3O7. The van der Waals surface area contributed by atoms with Crippen molar-refractivity contribution in [2.24, 2.45) is 17.6 Å². The van der Waals surface area contributed by atoms with Crippen molar-refractivity contribution in [1.29, 1.82) is 0 Å². The number of rotatable bonds is 14. The van der Waals surface area contributed by atoms with Crippen LogP contribution in [0.4, 0.5) is 0 Å². The fourth-order valence-electron chi connectivity index (χ4n) is 8.23. The van der Waals surface area contributed by atoms with Gasteiger partial charge in [0.15, 0.2) is 0 Å². The van der Waals surface area contributed by atoms with Crippen LogP contribution >= 0.6 is 0 Å². The van der Waals surface area contributed by atoms with E-state index in [9.17, 15) is 19.5 Å². The number of aromatic hydroxyl groups is 1. The van der Waals surface area contributed by atoms with Crippen LogP contribution in [0.3, 0.4) is 0 Å². The minimum Gasteiger partial charge on any atom is -0.508 e. The number of aryl methyl sites for hydroxylation is 1. The summed E-state index contributed by atoms with van der Waals surface area (Å²) in [5.74, 6) is 1.95. The summed E-state index contributed by atoms with van der Waals surface area (Å²) in [4.78, 5) is 41.7. The lowest BCUT2D eigenvalue weighted by Crippen LogP contribution is -2.45. The van der Waals surface area contributed by atoms with Crippen molar-refractivity contribution in [3.63, 3.8) is 0 Å². The standard InChI is InChI=1S/C43H55N3O7/c1-28-7-8-31-24-33(47)11-15-36(31)40(28)30-9-12-34(13-10-30)52-23-21-45-20-5-6-29(26-45)19-22-51-35-14-16-37-32(25-35)27-46(42(37)50)38(41(44)49)17-18-39(48)53-43(2,3)4/h9-16,24-25,28-29,38,40,47H,5-8,17-23,26-27H2,1-4H3,(H2,44,49)/t28-,29?,38+,40+/m1/s1. The van der Waals surface area contributed by atoms with E-state index in [1.54, 1.807) is 39.0 Å². The monoisotopic (exact) mass is 725 g/mol. The Labute approximate surface area is 313 Å². The van der Waals surface area contributed by atoms with Gasteiger partial charge >= 0.3 is 5.97 Å². The molecule has 1 fully saturated rings. The van der Waals surface area contributed by atoms with Gasteiger partial charge in [0.1, 0.15) is 35.5 Å². The summed E-state index contributed by atoms with van der Waals surface area (Å²) in [6, 6.07) is 18.9. The zero-order valence-corrected chi connectivity index (χ0v) is 31.6. The SMILES string of the molecule is C[C@@H]1CCc2cc(O)ccc2[C@@H]1c1ccc(OCCN2CCCC(CCOc3ccc4c(c3)CN([C@@H](CCC(=O)OC(C)(C)C)C(N)=O)C4=O)C2)cc1. The summed E-state index contributed by atoms with van der Waals surface area (Å²) in [6.07, 6.45) is 5.44. The summed E-state index contributed by atoms with van der Waals surface area (Å²) in [7, 11) is 0. The summed E-state index contributed by atoms with van der Waals surface area (Å²) >= 11 is 0. The maximum atomic E-state index is 13.2. The molecule has 6 rings (SSSR count). The van der Waals surface area contributed by atoms with Gasteiger partial charge in [0.25, 0.3) is 5.91 Å². The van der Waals surface area contributed by atoms with Crippen LogP contribution in [0.2, 0.25) is 0 Å². The number of nitrogens with zero attached hydrogens (tertiary/aromatic N) is 2. The highest BCUT2D eigenvalue weighted by atomic mass is 16.6. The Morgan fingerprint density at radius 3 is 2.47 bits per heavy atom. The predicted octanol–water partition coefficient (Wildman–Crippen LogP) is 6.60. The first-order chi connectivity index (χ1) is 25.3. The minimum atomic E-state index is -0.904. The topological polar surface area (TPSA) is 132 Å². The molecular weight excluding hydrogens is 670 g/mol. The molecule has 3 N–H and O–H groups in total. The number of hydrogen-bond acceptors (Lipinski definition) is 8. The highest BCUT2D eigenvalue weighted by Crippen LogP contribution is 2.42. The molecule has 0 saturated carbocycles. The van der Waals surface area contributed by atoms with E-state index < -0.39 is 23.5 Å². The molecule has 3 aromatic carbocycles. The second-order valence-corrected chi connectivity index (χ2v) is 16.0. The zero-order chi connectivity index (χ0) is 37.7. The van der Waals surface area contributed by atoms with Gasteiger partial charge in [0.05, 0.1) is 6.61 Å². The number of piperidine rings is 1. The van der Waals surface area contributed by atoms with E-state index in [-0.39, 0.29) is 25.3 Å². The van der Waals surface area contributed by atoms with Gasteiger partial charge < -0.3 is 30.0 Å². The average Bonchev–Trinajstić information content (AvgIpc) is 3.43. The van der Waals surface area contributed by atoms with E-state index in [0.29, 0.717) is 48.0 Å². The molecule has 10 nitrogen and oxygen atoms in total. The van der Waals surface area contributed by atoms with Crippen molar-refractivity contribution in [3.05, 3.63) is 88.5 Å². The van der Waals surface area contributed by atoms with Gasteiger partial charge in [-0.1, -0.05) is 25.1 Å². The van der Waals surface area contributed by atoms with Gasteiger partial charge in [-0.2, -0.15) is 0 Å². The first kappa shape index (κ1) is 38.2. The second kappa shape index (κ2) is 16.6. The van der Waals surface area contributed by atoms with E-state index in [0.717, 1.165) is 63.1 Å². The summed E-state index contributed by atoms with van der Waals surface area (Å²) < 4.78 is 17.7. The molecule has 284 valence electrons. The largest absolute Gasteiger partial charge is 0.508 e. The van der Waals surface area contributed by atoms with Gasteiger partial charge in [0.2, 0.25) is 5.91 Å². The Balaban J connectivity index is 0.935. The Bertz CT molecular complexity index is 1770. The Morgan fingerprint density at radius 2 is 1.72 bits per heavy atom. The lowest BCUT2D eigenvalue weighted by molar-refractivity contribution is -0.155. The molecule has 2 aliphatic heterocycles. The van der Waals surface area contributed by atoms with Crippen LogP contribution in [0.1, 0.15) is 105 Å². The third kappa shape index (κ3) is 9.71. The van der Waals surface area contributed by atoms with Gasteiger partial charge in [-0.25, -0.2) is 0 Å². The smallest absolute Gasteiger partial charge is 0.306 e. The Hall–Kier alpha value is -4.57. The van der Waals surface area contributed by atoms with Crippen LogP contribution in [-0.4, -0.2) is 77.2 Å².